The first-order chi connectivity index (χ1) is 11.6. The third-order valence-corrected chi connectivity index (χ3v) is 4.44. The fourth-order valence-electron chi connectivity index (χ4n) is 2.67. The first-order valence-corrected chi connectivity index (χ1v) is 8.30. The topological polar surface area (TPSA) is 31.9 Å². The van der Waals surface area contributed by atoms with Gasteiger partial charge in [-0.25, -0.2) is 4.98 Å². The molecule has 0 amide bonds. The summed E-state index contributed by atoms with van der Waals surface area (Å²) in [6.07, 6.45) is 3.75. The number of benzene rings is 2. The Bertz CT molecular complexity index is 850. The van der Waals surface area contributed by atoms with Gasteiger partial charge in [0.05, 0.1) is 21.1 Å². The zero-order valence-electron chi connectivity index (χ0n) is 13.1. The van der Waals surface area contributed by atoms with Crippen LogP contribution >= 0.6 is 23.2 Å². The van der Waals surface area contributed by atoms with Crippen molar-refractivity contribution in [3.63, 3.8) is 0 Å². The molecule has 1 heterocycles. The molecule has 0 bridgehead atoms. The third kappa shape index (κ3) is 3.18. The van der Waals surface area contributed by atoms with Gasteiger partial charge in [-0.3, -0.25) is 0 Å². The molecule has 3 rings (SSSR count). The Morgan fingerprint density at radius 2 is 1.71 bits per heavy atom. The number of para-hydroxylation sites is 1. The lowest BCUT2D eigenvalue weighted by Gasteiger charge is -2.23. The second kappa shape index (κ2) is 7.12. The first-order valence-electron chi connectivity index (χ1n) is 7.55. The molecule has 0 saturated carbocycles. The molecule has 0 spiro atoms. The van der Waals surface area contributed by atoms with Crippen LogP contribution in [0.5, 0.6) is 0 Å². The Kier molecular flexibility index (Phi) is 4.93. The molecule has 0 aliphatic rings. The van der Waals surface area contributed by atoms with Gasteiger partial charge in [0.15, 0.2) is 0 Å². The van der Waals surface area contributed by atoms with Gasteiger partial charge in [0.25, 0.3) is 0 Å². The van der Waals surface area contributed by atoms with Gasteiger partial charge in [0.1, 0.15) is 5.82 Å². The van der Waals surface area contributed by atoms with E-state index in [1.54, 1.807) is 12.1 Å². The zero-order chi connectivity index (χ0) is 17.1. The van der Waals surface area contributed by atoms with Gasteiger partial charge in [-0.2, -0.15) is 0 Å². The highest BCUT2D eigenvalue weighted by molar-refractivity contribution is 6.42. The molecule has 2 aromatic carbocycles. The number of imidazole rings is 1. The van der Waals surface area contributed by atoms with Gasteiger partial charge < -0.3 is 9.88 Å². The Hall–Kier alpha value is -2.23. The van der Waals surface area contributed by atoms with Crippen molar-refractivity contribution in [3.05, 3.63) is 71.8 Å². The number of H-pyrrole nitrogens is 1. The van der Waals surface area contributed by atoms with E-state index >= 15 is 0 Å². The number of nitrogens with zero attached hydrogens (tertiary/aromatic N) is 2. The van der Waals surface area contributed by atoms with Crippen molar-refractivity contribution < 1.29 is 0 Å². The number of hydrogen-bond acceptors (Lipinski definition) is 2. The fraction of sp³-hybridized carbons (Fsp3) is 0.105. The van der Waals surface area contributed by atoms with Crippen LogP contribution in [0.4, 0.5) is 5.69 Å². The number of nitrogens with one attached hydrogen (secondary N) is 1. The minimum Gasteiger partial charge on any atom is -0.364 e. The van der Waals surface area contributed by atoms with Crippen LogP contribution in [0.25, 0.3) is 22.4 Å². The lowest BCUT2D eigenvalue weighted by molar-refractivity contribution is 0.957. The van der Waals surface area contributed by atoms with E-state index in [0.29, 0.717) is 10.0 Å². The van der Waals surface area contributed by atoms with Crippen molar-refractivity contribution in [1.29, 1.82) is 0 Å². The van der Waals surface area contributed by atoms with Crippen LogP contribution in [0, 0.1) is 0 Å². The average Bonchev–Trinajstić information content (AvgIpc) is 2.98. The van der Waals surface area contributed by atoms with E-state index in [1.807, 2.05) is 30.4 Å². The minimum absolute atomic E-state index is 0.496. The molecular formula is C19H17Cl2N3. The van der Waals surface area contributed by atoms with E-state index in [2.05, 4.69) is 34.1 Å². The van der Waals surface area contributed by atoms with Crippen LogP contribution in [-0.2, 0) is 0 Å². The Morgan fingerprint density at radius 1 is 1.04 bits per heavy atom. The Morgan fingerprint density at radius 3 is 2.42 bits per heavy atom. The van der Waals surface area contributed by atoms with Gasteiger partial charge in [-0.1, -0.05) is 47.5 Å². The standard InChI is InChI=1S/C19H17Cl2N3/c1-3-9-24(10-4-2)18-8-6-5-7-13(18)19-22-16-11-14(20)15(21)12-17(16)23-19/h3-8,11-12H,1-2,9-10H2,(H,22,23). The second-order valence-electron chi connectivity index (χ2n) is 5.37. The van der Waals surface area contributed by atoms with E-state index < -0.39 is 0 Å². The third-order valence-electron chi connectivity index (χ3n) is 3.72. The molecule has 0 aliphatic heterocycles. The smallest absolute Gasteiger partial charge is 0.140 e. The molecule has 0 fully saturated rings. The maximum atomic E-state index is 6.10. The summed E-state index contributed by atoms with van der Waals surface area (Å²) >= 11 is 12.2. The molecule has 24 heavy (non-hydrogen) atoms. The molecule has 0 aliphatic carbocycles. The molecule has 3 nitrogen and oxygen atoms in total. The molecular weight excluding hydrogens is 341 g/mol. The van der Waals surface area contributed by atoms with E-state index in [-0.39, 0.29) is 0 Å². The summed E-state index contributed by atoms with van der Waals surface area (Å²) in [5.41, 5.74) is 3.71. The van der Waals surface area contributed by atoms with E-state index in [0.717, 1.165) is 41.2 Å². The quantitative estimate of drug-likeness (QED) is 0.572. The van der Waals surface area contributed by atoms with Crippen molar-refractivity contribution >= 4 is 39.9 Å². The number of rotatable bonds is 6. The van der Waals surface area contributed by atoms with Crippen LogP contribution in [0.1, 0.15) is 0 Å². The summed E-state index contributed by atoms with van der Waals surface area (Å²) in [5, 5.41) is 1.00. The van der Waals surface area contributed by atoms with Gasteiger partial charge in [0.2, 0.25) is 0 Å². The summed E-state index contributed by atoms with van der Waals surface area (Å²) in [5.74, 6) is 0.775. The predicted molar refractivity (Wildman–Crippen MR) is 104 cm³/mol. The lowest BCUT2D eigenvalue weighted by Crippen LogP contribution is -2.23. The summed E-state index contributed by atoms with van der Waals surface area (Å²) in [6, 6.07) is 11.7. The molecule has 0 atom stereocenters. The molecule has 0 unspecified atom stereocenters. The van der Waals surface area contributed by atoms with Crippen LogP contribution in [0.15, 0.2) is 61.7 Å². The number of fused-ring (bicyclic) bond motifs is 1. The second-order valence-corrected chi connectivity index (χ2v) is 6.18. The average molecular weight is 358 g/mol. The number of anilines is 1. The van der Waals surface area contributed by atoms with Crippen LogP contribution < -0.4 is 4.90 Å². The fourth-order valence-corrected chi connectivity index (χ4v) is 2.99. The van der Waals surface area contributed by atoms with Crippen molar-refractivity contribution in [2.75, 3.05) is 18.0 Å². The Balaban J connectivity index is 2.12. The van der Waals surface area contributed by atoms with Crippen molar-refractivity contribution in [2.24, 2.45) is 0 Å². The minimum atomic E-state index is 0.496. The molecule has 122 valence electrons. The highest BCUT2D eigenvalue weighted by atomic mass is 35.5. The van der Waals surface area contributed by atoms with Gasteiger partial charge in [-0.15, -0.1) is 13.2 Å². The largest absolute Gasteiger partial charge is 0.364 e. The van der Waals surface area contributed by atoms with Gasteiger partial charge >= 0.3 is 0 Å². The number of aromatic amines is 1. The molecule has 1 N–H and O–H groups in total. The highest BCUT2D eigenvalue weighted by Gasteiger charge is 2.14. The predicted octanol–water partition coefficient (Wildman–Crippen LogP) is 5.72. The van der Waals surface area contributed by atoms with Crippen LogP contribution in [0.2, 0.25) is 10.0 Å². The summed E-state index contributed by atoms with van der Waals surface area (Å²) in [6.45, 7) is 9.12. The molecule has 3 aromatic rings. The summed E-state index contributed by atoms with van der Waals surface area (Å²) in [4.78, 5) is 10.2. The highest BCUT2D eigenvalue weighted by Crippen LogP contribution is 2.32. The SMILES string of the molecule is C=CCN(CC=C)c1ccccc1-c1nc2cc(Cl)c(Cl)cc2[nH]1. The summed E-state index contributed by atoms with van der Waals surface area (Å²) < 4.78 is 0. The maximum absolute atomic E-state index is 6.10. The molecule has 5 heteroatoms. The molecule has 0 radical (unpaired) electrons. The normalized spacial score (nSPS) is 10.8. The lowest BCUT2D eigenvalue weighted by atomic mass is 10.1. The maximum Gasteiger partial charge on any atom is 0.140 e. The van der Waals surface area contributed by atoms with E-state index in [4.69, 9.17) is 23.2 Å². The molecule has 1 aromatic heterocycles. The van der Waals surface area contributed by atoms with Crippen molar-refractivity contribution in [3.8, 4) is 11.4 Å². The van der Waals surface area contributed by atoms with Crippen molar-refractivity contribution in [2.45, 2.75) is 0 Å². The van der Waals surface area contributed by atoms with E-state index in [9.17, 15) is 0 Å². The van der Waals surface area contributed by atoms with E-state index in [1.165, 1.54) is 0 Å². The summed E-state index contributed by atoms with van der Waals surface area (Å²) in [7, 11) is 0. The Labute approximate surface area is 151 Å². The number of halogens is 2. The van der Waals surface area contributed by atoms with Crippen molar-refractivity contribution in [1.82, 2.24) is 9.97 Å². The number of aromatic nitrogens is 2. The first kappa shape index (κ1) is 16.6. The zero-order valence-corrected chi connectivity index (χ0v) is 14.6. The van der Waals surface area contributed by atoms with Crippen LogP contribution in [0.3, 0.4) is 0 Å². The number of hydrogen-bond donors (Lipinski definition) is 1. The molecule has 0 saturated heterocycles. The monoisotopic (exact) mass is 357 g/mol. The van der Waals surface area contributed by atoms with Gasteiger partial charge in [0, 0.05) is 24.3 Å². The van der Waals surface area contributed by atoms with Gasteiger partial charge in [-0.05, 0) is 24.3 Å². The van der Waals surface area contributed by atoms with Crippen LogP contribution in [-0.4, -0.2) is 23.1 Å².